The quantitative estimate of drug-likeness (QED) is 0.454. The van der Waals surface area contributed by atoms with E-state index in [2.05, 4.69) is 25.5 Å². The van der Waals surface area contributed by atoms with Gasteiger partial charge in [0.1, 0.15) is 5.75 Å². The van der Waals surface area contributed by atoms with E-state index in [4.69, 9.17) is 4.74 Å². The minimum atomic E-state index is -0.157. The lowest BCUT2D eigenvalue weighted by molar-refractivity contribution is -0.113. The van der Waals surface area contributed by atoms with Gasteiger partial charge in [-0.3, -0.25) is 14.3 Å². The molecule has 10 heteroatoms. The molecule has 0 unspecified atom stereocenters. The molecule has 3 heterocycles. The molecule has 4 rings (SSSR count). The zero-order chi connectivity index (χ0) is 20.1. The van der Waals surface area contributed by atoms with Gasteiger partial charge in [0.25, 0.3) is 0 Å². The number of aromatic nitrogens is 5. The molecule has 146 valence electrons. The summed E-state index contributed by atoms with van der Waals surface area (Å²) in [5.41, 5.74) is 1.71. The van der Waals surface area contributed by atoms with Crippen LogP contribution in [0.15, 0.2) is 65.5 Å². The SMILES string of the molecule is COc1cccc(-n2c(SCC(=O)Nc3nccs3)nnc2-c2ccncc2)c1. The predicted octanol–water partition coefficient (Wildman–Crippen LogP) is 3.53. The number of carbonyl (C=O) groups is 1. The summed E-state index contributed by atoms with van der Waals surface area (Å²) >= 11 is 2.67. The van der Waals surface area contributed by atoms with Crippen molar-refractivity contribution in [3.63, 3.8) is 0 Å². The van der Waals surface area contributed by atoms with Gasteiger partial charge in [-0.15, -0.1) is 21.5 Å². The Hall–Kier alpha value is -3.24. The maximum atomic E-state index is 12.3. The van der Waals surface area contributed by atoms with Gasteiger partial charge in [0, 0.05) is 35.6 Å². The number of carbonyl (C=O) groups excluding carboxylic acids is 1. The number of methoxy groups -OCH3 is 1. The number of pyridine rings is 1. The van der Waals surface area contributed by atoms with Crippen LogP contribution >= 0.6 is 23.1 Å². The Balaban J connectivity index is 1.64. The molecule has 0 spiro atoms. The van der Waals surface area contributed by atoms with Crippen molar-refractivity contribution in [1.29, 1.82) is 0 Å². The first kappa shape index (κ1) is 19.1. The average Bonchev–Trinajstić information content (AvgIpc) is 3.42. The zero-order valence-corrected chi connectivity index (χ0v) is 17.0. The number of thiazole rings is 1. The Morgan fingerprint density at radius 1 is 1.21 bits per heavy atom. The average molecular weight is 425 g/mol. The van der Waals surface area contributed by atoms with E-state index in [1.165, 1.54) is 23.1 Å². The molecule has 29 heavy (non-hydrogen) atoms. The molecule has 0 radical (unpaired) electrons. The lowest BCUT2D eigenvalue weighted by atomic mass is 10.2. The largest absolute Gasteiger partial charge is 0.497 e. The molecule has 8 nitrogen and oxygen atoms in total. The molecule has 1 N–H and O–H groups in total. The van der Waals surface area contributed by atoms with E-state index in [0.29, 0.717) is 21.9 Å². The molecular weight excluding hydrogens is 408 g/mol. The summed E-state index contributed by atoms with van der Waals surface area (Å²) in [4.78, 5) is 20.4. The van der Waals surface area contributed by atoms with Gasteiger partial charge in [0.2, 0.25) is 5.91 Å². The topological polar surface area (TPSA) is 94.8 Å². The van der Waals surface area contributed by atoms with Gasteiger partial charge < -0.3 is 10.1 Å². The van der Waals surface area contributed by atoms with Crippen LogP contribution in [0, 0.1) is 0 Å². The van der Waals surface area contributed by atoms with E-state index in [9.17, 15) is 4.79 Å². The summed E-state index contributed by atoms with van der Waals surface area (Å²) in [6.07, 6.45) is 5.05. The van der Waals surface area contributed by atoms with E-state index in [1.54, 1.807) is 25.7 Å². The highest BCUT2D eigenvalue weighted by molar-refractivity contribution is 7.99. The molecule has 0 bridgehead atoms. The van der Waals surface area contributed by atoms with E-state index >= 15 is 0 Å². The Morgan fingerprint density at radius 2 is 2.07 bits per heavy atom. The van der Waals surface area contributed by atoms with Crippen LogP contribution in [-0.4, -0.2) is 43.5 Å². The summed E-state index contributed by atoms with van der Waals surface area (Å²) in [6.45, 7) is 0. The van der Waals surface area contributed by atoms with Crippen molar-refractivity contribution in [3.8, 4) is 22.8 Å². The van der Waals surface area contributed by atoms with E-state index < -0.39 is 0 Å². The smallest absolute Gasteiger partial charge is 0.236 e. The summed E-state index contributed by atoms with van der Waals surface area (Å²) in [7, 11) is 1.62. The minimum Gasteiger partial charge on any atom is -0.497 e. The van der Waals surface area contributed by atoms with Crippen molar-refractivity contribution in [2.45, 2.75) is 5.16 Å². The standard InChI is InChI=1S/C19H16N6O2S2/c1-27-15-4-2-3-14(11-15)25-17(13-5-7-20-8-6-13)23-24-19(25)29-12-16(26)22-18-21-9-10-28-18/h2-11H,12H2,1H3,(H,21,22,26). The van der Waals surface area contributed by atoms with Crippen molar-refractivity contribution in [2.75, 3.05) is 18.2 Å². The van der Waals surface area contributed by atoms with Gasteiger partial charge in [-0.1, -0.05) is 17.8 Å². The second-order valence-corrected chi connectivity index (χ2v) is 7.59. The molecule has 0 saturated heterocycles. The molecule has 0 aliphatic rings. The maximum Gasteiger partial charge on any atom is 0.236 e. The second kappa shape index (κ2) is 8.84. The number of nitrogens with zero attached hydrogens (tertiary/aromatic N) is 5. The summed E-state index contributed by atoms with van der Waals surface area (Å²) in [5.74, 6) is 1.39. The molecule has 1 amide bonds. The Labute approximate surface area is 175 Å². The van der Waals surface area contributed by atoms with Crippen molar-refractivity contribution < 1.29 is 9.53 Å². The third kappa shape index (κ3) is 4.44. The van der Waals surface area contributed by atoms with Gasteiger partial charge >= 0.3 is 0 Å². The Bertz CT molecular complexity index is 1100. The van der Waals surface area contributed by atoms with Crippen molar-refractivity contribution in [2.24, 2.45) is 0 Å². The van der Waals surface area contributed by atoms with Crippen LogP contribution in [0.4, 0.5) is 5.13 Å². The van der Waals surface area contributed by atoms with Crippen LogP contribution in [0.3, 0.4) is 0 Å². The minimum absolute atomic E-state index is 0.157. The van der Waals surface area contributed by atoms with Gasteiger partial charge in [-0.2, -0.15) is 0 Å². The highest BCUT2D eigenvalue weighted by atomic mass is 32.2. The first-order chi connectivity index (χ1) is 14.2. The van der Waals surface area contributed by atoms with Crippen LogP contribution < -0.4 is 10.1 Å². The first-order valence-electron chi connectivity index (χ1n) is 8.57. The number of amides is 1. The van der Waals surface area contributed by atoms with Crippen molar-refractivity contribution in [3.05, 3.63) is 60.4 Å². The number of anilines is 1. The van der Waals surface area contributed by atoms with Crippen LogP contribution in [0.5, 0.6) is 5.75 Å². The maximum absolute atomic E-state index is 12.3. The first-order valence-corrected chi connectivity index (χ1v) is 10.4. The molecule has 0 aliphatic heterocycles. The van der Waals surface area contributed by atoms with Crippen LogP contribution in [0.1, 0.15) is 0 Å². The van der Waals surface area contributed by atoms with Crippen molar-refractivity contribution >= 4 is 34.1 Å². The van der Waals surface area contributed by atoms with Crippen LogP contribution in [-0.2, 0) is 4.79 Å². The lowest BCUT2D eigenvalue weighted by Gasteiger charge is -2.11. The molecule has 0 atom stereocenters. The highest BCUT2D eigenvalue weighted by Gasteiger charge is 2.18. The number of thioether (sulfide) groups is 1. The fourth-order valence-corrected chi connectivity index (χ4v) is 3.90. The molecule has 0 aliphatic carbocycles. The fourth-order valence-electron chi connectivity index (χ4n) is 2.60. The highest BCUT2D eigenvalue weighted by Crippen LogP contribution is 2.29. The predicted molar refractivity (Wildman–Crippen MR) is 113 cm³/mol. The Kier molecular flexibility index (Phi) is 5.82. The van der Waals surface area contributed by atoms with Crippen molar-refractivity contribution in [1.82, 2.24) is 24.7 Å². The third-order valence-electron chi connectivity index (χ3n) is 3.89. The van der Waals surface area contributed by atoms with Gasteiger partial charge in [0.15, 0.2) is 16.1 Å². The molecule has 4 aromatic rings. The number of rotatable bonds is 7. The molecule has 0 fully saturated rings. The Morgan fingerprint density at radius 3 is 2.83 bits per heavy atom. The van der Waals surface area contributed by atoms with E-state index in [-0.39, 0.29) is 11.7 Å². The number of hydrogen-bond donors (Lipinski definition) is 1. The number of nitrogens with one attached hydrogen (secondary N) is 1. The van der Waals surface area contributed by atoms with Gasteiger partial charge in [0.05, 0.1) is 18.6 Å². The van der Waals surface area contributed by atoms with Crippen LogP contribution in [0.2, 0.25) is 0 Å². The fraction of sp³-hybridized carbons (Fsp3) is 0.105. The zero-order valence-electron chi connectivity index (χ0n) is 15.3. The van der Waals surface area contributed by atoms with Gasteiger partial charge in [-0.25, -0.2) is 4.98 Å². The van der Waals surface area contributed by atoms with E-state index in [1.807, 2.05) is 46.3 Å². The summed E-state index contributed by atoms with van der Waals surface area (Å²) in [5, 5.41) is 14.4. The van der Waals surface area contributed by atoms with Crippen LogP contribution in [0.25, 0.3) is 17.1 Å². The molecule has 1 aromatic carbocycles. The molecule has 3 aromatic heterocycles. The second-order valence-electron chi connectivity index (χ2n) is 5.75. The third-order valence-corrected chi connectivity index (χ3v) is 5.51. The summed E-state index contributed by atoms with van der Waals surface area (Å²) in [6, 6.07) is 11.3. The normalized spacial score (nSPS) is 10.7. The number of hydrogen-bond acceptors (Lipinski definition) is 8. The molecular formula is C19H16N6O2S2. The summed E-state index contributed by atoms with van der Waals surface area (Å²) < 4.78 is 7.26. The monoisotopic (exact) mass is 424 g/mol. The van der Waals surface area contributed by atoms with E-state index in [0.717, 1.165) is 11.3 Å². The lowest BCUT2D eigenvalue weighted by Crippen LogP contribution is -2.14. The number of ether oxygens (including phenoxy) is 1. The van der Waals surface area contributed by atoms with Gasteiger partial charge in [-0.05, 0) is 24.3 Å². The molecule has 0 saturated carbocycles. The number of benzene rings is 1.